The first-order valence-corrected chi connectivity index (χ1v) is 9.75. The lowest BCUT2D eigenvalue weighted by atomic mass is 10.0. The Balaban J connectivity index is 1.72. The quantitative estimate of drug-likeness (QED) is 0.426. The SMILES string of the molecule is CC/C(=C/CNO)c1cccc(OCc2nc(-c3ccc(C(F)(F)F)cc3)oc2C)c1. The molecule has 0 saturated heterocycles. The molecule has 0 aliphatic heterocycles. The zero-order valence-corrected chi connectivity index (χ0v) is 17.2. The second-order valence-corrected chi connectivity index (χ2v) is 6.86. The van der Waals surface area contributed by atoms with Crippen molar-refractivity contribution in [2.24, 2.45) is 0 Å². The second kappa shape index (κ2) is 9.80. The topological polar surface area (TPSA) is 67.5 Å². The Morgan fingerprint density at radius 2 is 1.94 bits per heavy atom. The normalized spacial score (nSPS) is 12.3. The molecule has 3 rings (SSSR count). The number of halogens is 3. The monoisotopic (exact) mass is 432 g/mol. The summed E-state index contributed by atoms with van der Waals surface area (Å²) in [5, 5.41) is 8.80. The predicted octanol–water partition coefficient (Wildman–Crippen LogP) is 6.02. The average Bonchev–Trinajstić information content (AvgIpc) is 3.13. The third kappa shape index (κ3) is 5.74. The molecule has 2 aromatic carbocycles. The van der Waals surface area contributed by atoms with E-state index in [1.54, 1.807) is 6.92 Å². The van der Waals surface area contributed by atoms with Crippen molar-refractivity contribution in [3.63, 3.8) is 0 Å². The molecule has 0 aliphatic rings. The van der Waals surface area contributed by atoms with Crippen LogP contribution in [0.3, 0.4) is 0 Å². The molecule has 0 saturated carbocycles. The zero-order chi connectivity index (χ0) is 22.4. The maximum Gasteiger partial charge on any atom is 0.416 e. The predicted molar refractivity (Wildman–Crippen MR) is 111 cm³/mol. The smallest absolute Gasteiger partial charge is 0.416 e. The maximum absolute atomic E-state index is 12.7. The number of nitrogens with zero attached hydrogens (tertiary/aromatic N) is 1. The van der Waals surface area contributed by atoms with Crippen LogP contribution in [-0.2, 0) is 12.8 Å². The number of benzene rings is 2. The number of hydrogen-bond acceptors (Lipinski definition) is 5. The van der Waals surface area contributed by atoms with Crippen molar-refractivity contribution in [1.29, 1.82) is 0 Å². The van der Waals surface area contributed by atoms with Crippen LogP contribution in [-0.4, -0.2) is 16.7 Å². The number of hydroxylamine groups is 1. The summed E-state index contributed by atoms with van der Waals surface area (Å²) in [7, 11) is 0. The summed E-state index contributed by atoms with van der Waals surface area (Å²) in [6.07, 6.45) is -1.69. The maximum atomic E-state index is 12.7. The van der Waals surface area contributed by atoms with Crippen LogP contribution in [0.25, 0.3) is 17.0 Å². The van der Waals surface area contributed by atoms with Gasteiger partial charge < -0.3 is 14.4 Å². The Labute approximate surface area is 178 Å². The number of hydrogen-bond donors (Lipinski definition) is 2. The third-order valence-corrected chi connectivity index (χ3v) is 4.75. The van der Waals surface area contributed by atoms with Crippen LogP contribution < -0.4 is 10.2 Å². The van der Waals surface area contributed by atoms with Crippen molar-refractivity contribution < 1.29 is 27.5 Å². The van der Waals surface area contributed by atoms with Crippen molar-refractivity contribution in [3.8, 4) is 17.2 Å². The van der Waals surface area contributed by atoms with Crippen molar-refractivity contribution in [3.05, 3.63) is 77.2 Å². The van der Waals surface area contributed by atoms with Gasteiger partial charge in [0.1, 0.15) is 23.8 Å². The average molecular weight is 432 g/mol. The number of allylic oxidation sites excluding steroid dienone is 1. The molecule has 8 heteroatoms. The number of aryl methyl sites for hydroxylation is 1. The highest BCUT2D eigenvalue weighted by molar-refractivity contribution is 5.66. The fourth-order valence-electron chi connectivity index (χ4n) is 3.06. The van der Waals surface area contributed by atoms with Crippen molar-refractivity contribution in [1.82, 2.24) is 10.5 Å². The fraction of sp³-hybridized carbons (Fsp3) is 0.261. The first-order valence-electron chi connectivity index (χ1n) is 9.75. The standard InChI is InChI=1S/C23H23F3N2O3/c1-3-16(11-12-27-29)18-5-4-6-20(13-18)30-14-21-15(2)31-22(28-21)17-7-9-19(10-8-17)23(24,25)26/h4-11,13,27,29H,3,12,14H2,1-2H3/b16-11-. The summed E-state index contributed by atoms with van der Waals surface area (Å²) >= 11 is 0. The summed E-state index contributed by atoms with van der Waals surface area (Å²) in [5.41, 5.74) is 4.46. The molecule has 0 aliphatic carbocycles. The summed E-state index contributed by atoms with van der Waals surface area (Å²) in [5.74, 6) is 1.42. The van der Waals surface area contributed by atoms with Crippen LogP contribution in [0.15, 0.2) is 59.0 Å². The highest BCUT2D eigenvalue weighted by Crippen LogP contribution is 2.31. The highest BCUT2D eigenvalue weighted by Gasteiger charge is 2.30. The van der Waals surface area contributed by atoms with Crippen LogP contribution in [0.2, 0.25) is 0 Å². The van der Waals surface area contributed by atoms with Gasteiger partial charge in [0.05, 0.1) is 5.56 Å². The molecule has 0 unspecified atom stereocenters. The van der Waals surface area contributed by atoms with Crippen LogP contribution in [0.5, 0.6) is 5.75 Å². The lowest BCUT2D eigenvalue weighted by molar-refractivity contribution is -0.137. The Kier molecular flexibility index (Phi) is 7.14. The number of nitrogens with one attached hydrogen (secondary N) is 1. The molecule has 0 spiro atoms. The van der Waals surface area contributed by atoms with Gasteiger partial charge in [0, 0.05) is 12.1 Å². The van der Waals surface area contributed by atoms with Gasteiger partial charge in [-0.2, -0.15) is 13.2 Å². The summed E-state index contributed by atoms with van der Waals surface area (Å²) in [6.45, 7) is 4.26. The first kappa shape index (κ1) is 22.6. The molecule has 31 heavy (non-hydrogen) atoms. The Hall–Kier alpha value is -3.10. The molecule has 0 radical (unpaired) electrons. The van der Waals surface area contributed by atoms with Crippen LogP contribution in [0, 0.1) is 6.92 Å². The highest BCUT2D eigenvalue weighted by atomic mass is 19.4. The Morgan fingerprint density at radius 1 is 1.19 bits per heavy atom. The van der Waals surface area contributed by atoms with E-state index in [2.05, 4.69) is 10.5 Å². The van der Waals surface area contributed by atoms with Gasteiger partial charge in [-0.15, -0.1) is 0 Å². The van der Waals surface area contributed by atoms with E-state index in [1.165, 1.54) is 12.1 Å². The van der Waals surface area contributed by atoms with Crippen LogP contribution in [0.4, 0.5) is 13.2 Å². The molecule has 0 atom stereocenters. The summed E-state index contributed by atoms with van der Waals surface area (Å²) < 4.78 is 49.7. The molecular formula is C23H23F3N2O3. The summed E-state index contributed by atoms with van der Waals surface area (Å²) in [6, 6.07) is 12.2. The van der Waals surface area contributed by atoms with E-state index in [4.69, 9.17) is 14.4 Å². The van der Waals surface area contributed by atoms with Gasteiger partial charge in [-0.25, -0.2) is 10.5 Å². The number of rotatable bonds is 8. The third-order valence-electron chi connectivity index (χ3n) is 4.75. The van der Waals surface area contributed by atoms with E-state index in [1.807, 2.05) is 37.3 Å². The molecule has 5 nitrogen and oxygen atoms in total. The molecule has 0 amide bonds. The Bertz CT molecular complexity index is 1040. The summed E-state index contributed by atoms with van der Waals surface area (Å²) in [4.78, 5) is 4.38. The van der Waals surface area contributed by atoms with E-state index in [0.717, 1.165) is 29.7 Å². The van der Waals surface area contributed by atoms with Gasteiger partial charge in [0.25, 0.3) is 0 Å². The fourth-order valence-corrected chi connectivity index (χ4v) is 3.06. The molecular weight excluding hydrogens is 409 g/mol. The Morgan fingerprint density at radius 3 is 2.58 bits per heavy atom. The van der Waals surface area contributed by atoms with Gasteiger partial charge >= 0.3 is 6.18 Å². The largest absolute Gasteiger partial charge is 0.487 e. The molecule has 164 valence electrons. The molecule has 1 heterocycles. The van der Waals surface area contributed by atoms with Gasteiger partial charge in [-0.3, -0.25) is 0 Å². The zero-order valence-electron chi connectivity index (χ0n) is 17.2. The molecule has 3 aromatic rings. The molecule has 1 aromatic heterocycles. The van der Waals surface area contributed by atoms with Gasteiger partial charge in [-0.05, 0) is 60.9 Å². The number of aromatic nitrogens is 1. The minimum atomic E-state index is -4.39. The lowest BCUT2D eigenvalue weighted by Crippen LogP contribution is -2.06. The van der Waals surface area contributed by atoms with E-state index < -0.39 is 11.7 Å². The minimum absolute atomic E-state index is 0.156. The van der Waals surface area contributed by atoms with E-state index in [-0.39, 0.29) is 12.5 Å². The minimum Gasteiger partial charge on any atom is -0.487 e. The first-order chi connectivity index (χ1) is 14.8. The van der Waals surface area contributed by atoms with Gasteiger partial charge in [0.2, 0.25) is 5.89 Å². The molecule has 0 bridgehead atoms. The van der Waals surface area contributed by atoms with Crippen LogP contribution >= 0.6 is 0 Å². The van der Waals surface area contributed by atoms with Crippen molar-refractivity contribution in [2.75, 3.05) is 6.54 Å². The lowest BCUT2D eigenvalue weighted by Gasteiger charge is -2.09. The van der Waals surface area contributed by atoms with Crippen molar-refractivity contribution >= 4 is 5.57 Å². The van der Waals surface area contributed by atoms with Crippen LogP contribution in [0.1, 0.15) is 35.9 Å². The van der Waals surface area contributed by atoms with E-state index in [9.17, 15) is 13.2 Å². The van der Waals surface area contributed by atoms with E-state index >= 15 is 0 Å². The second-order valence-electron chi connectivity index (χ2n) is 6.86. The molecule has 0 fully saturated rings. The van der Waals surface area contributed by atoms with Gasteiger partial charge in [0.15, 0.2) is 0 Å². The van der Waals surface area contributed by atoms with Crippen molar-refractivity contribution in [2.45, 2.75) is 33.1 Å². The number of ether oxygens (including phenoxy) is 1. The number of oxazole rings is 1. The van der Waals surface area contributed by atoms with E-state index in [0.29, 0.717) is 29.3 Å². The van der Waals surface area contributed by atoms with Gasteiger partial charge in [-0.1, -0.05) is 25.1 Å². The molecule has 2 N–H and O–H groups in total. The number of alkyl halides is 3.